The first-order chi connectivity index (χ1) is 5.91. The van der Waals surface area contributed by atoms with Gasteiger partial charge in [0.1, 0.15) is 5.15 Å². The maximum atomic E-state index is 12.6. The van der Waals surface area contributed by atoms with Crippen molar-refractivity contribution in [1.29, 1.82) is 0 Å². The van der Waals surface area contributed by atoms with Gasteiger partial charge < -0.3 is 0 Å². The van der Waals surface area contributed by atoms with E-state index < -0.39 is 18.0 Å². The fourth-order valence-electron chi connectivity index (χ4n) is 0.733. The summed E-state index contributed by atoms with van der Waals surface area (Å²) in [5.41, 5.74) is -0.722. The molecule has 0 aliphatic carbocycles. The lowest BCUT2D eigenvalue weighted by Crippen LogP contribution is -2.17. The molecule has 0 N–H and O–H groups in total. The highest BCUT2D eigenvalue weighted by molar-refractivity contribution is 6.29. The van der Waals surface area contributed by atoms with E-state index in [1.165, 1.54) is 12.1 Å². The molecule has 0 bridgehead atoms. The van der Waals surface area contributed by atoms with Crippen LogP contribution in [0.2, 0.25) is 5.15 Å². The van der Waals surface area contributed by atoms with Gasteiger partial charge in [-0.1, -0.05) is 17.7 Å². The molecule has 0 saturated heterocycles. The zero-order valence-electron chi connectivity index (χ0n) is 6.15. The van der Waals surface area contributed by atoms with Gasteiger partial charge in [-0.25, -0.2) is 9.37 Å². The molecule has 0 saturated carbocycles. The smallest absolute Gasteiger partial charge is 0.238 e. The Labute approximate surface area is 76.3 Å². The summed E-state index contributed by atoms with van der Waals surface area (Å²) in [5, 5.41) is -0.163. The first-order valence-corrected chi connectivity index (χ1v) is 3.62. The lowest BCUT2D eigenvalue weighted by molar-refractivity contribution is -0.183. The molecule has 0 aliphatic heterocycles. The molecule has 1 aromatic rings. The van der Waals surface area contributed by atoms with Crippen LogP contribution in [0.5, 0.6) is 0 Å². The molecule has 72 valence electrons. The fourth-order valence-corrected chi connectivity index (χ4v) is 0.903. The van der Waals surface area contributed by atoms with Gasteiger partial charge in [0.15, 0.2) is 0 Å². The number of nitrogens with zero attached hydrogens (tertiary/aromatic N) is 1. The first kappa shape index (κ1) is 10.2. The van der Waals surface area contributed by atoms with Crippen LogP contribution in [-0.2, 0) is 0 Å². The minimum atomic E-state index is -4.93. The molecule has 0 amide bonds. The number of hydrogen-bond donors (Lipinski definition) is 0. The molecule has 1 rings (SSSR count). The van der Waals surface area contributed by atoms with Crippen molar-refractivity contribution in [2.24, 2.45) is 0 Å². The predicted molar refractivity (Wildman–Crippen MR) is 39.2 cm³/mol. The van der Waals surface area contributed by atoms with Crippen LogP contribution >= 0.6 is 11.6 Å². The Bertz CT molecular complexity index is 299. The van der Waals surface area contributed by atoms with Crippen molar-refractivity contribution in [3.8, 4) is 0 Å². The number of rotatable bonds is 1. The summed E-state index contributed by atoms with van der Waals surface area (Å²) in [4.78, 5) is 3.21. The Morgan fingerprint density at radius 3 is 2.38 bits per heavy atom. The van der Waals surface area contributed by atoms with Crippen LogP contribution in [0.3, 0.4) is 0 Å². The quantitative estimate of drug-likeness (QED) is 0.515. The average molecular weight is 214 g/mol. The standard InChI is InChI=1S/C7H4ClF4N/c8-5-3-1-2-4(13-5)6(9)7(10,11)12/h1-3,6H. The van der Waals surface area contributed by atoms with E-state index in [2.05, 4.69) is 4.98 Å². The van der Waals surface area contributed by atoms with Gasteiger partial charge in [0.25, 0.3) is 0 Å². The predicted octanol–water partition coefficient (Wildman–Crippen LogP) is 3.31. The van der Waals surface area contributed by atoms with Gasteiger partial charge >= 0.3 is 6.18 Å². The lowest BCUT2D eigenvalue weighted by atomic mass is 10.2. The molecular weight excluding hydrogens is 210 g/mol. The van der Waals surface area contributed by atoms with Crippen LogP contribution in [0, 0.1) is 0 Å². The fraction of sp³-hybridized carbons (Fsp3) is 0.286. The number of pyridine rings is 1. The molecule has 0 radical (unpaired) electrons. The molecule has 1 heterocycles. The second-order valence-corrected chi connectivity index (χ2v) is 2.68. The Balaban J connectivity index is 2.96. The summed E-state index contributed by atoms with van der Waals surface area (Å²) in [7, 11) is 0. The Kier molecular flexibility index (Phi) is 2.75. The van der Waals surface area contributed by atoms with Crippen LogP contribution in [-0.4, -0.2) is 11.2 Å². The van der Waals surface area contributed by atoms with Gasteiger partial charge in [-0.05, 0) is 12.1 Å². The topological polar surface area (TPSA) is 12.9 Å². The van der Waals surface area contributed by atoms with E-state index in [0.29, 0.717) is 0 Å². The van der Waals surface area contributed by atoms with Crippen molar-refractivity contribution in [2.75, 3.05) is 0 Å². The summed E-state index contributed by atoms with van der Waals surface area (Å²) < 4.78 is 48.0. The van der Waals surface area contributed by atoms with Gasteiger partial charge in [-0.2, -0.15) is 13.2 Å². The zero-order chi connectivity index (χ0) is 10.1. The second-order valence-electron chi connectivity index (χ2n) is 2.29. The summed E-state index contributed by atoms with van der Waals surface area (Å²) in [6.45, 7) is 0. The minimum Gasteiger partial charge on any atom is -0.238 e. The molecule has 0 fully saturated rings. The van der Waals surface area contributed by atoms with E-state index in [1.807, 2.05) is 0 Å². The number of aromatic nitrogens is 1. The molecule has 6 heteroatoms. The lowest BCUT2D eigenvalue weighted by Gasteiger charge is -2.11. The third-order valence-corrected chi connectivity index (χ3v) is 1.49. The van der Waals surface area contributed by atoms with Gasteiger partial charge in [0, 0.05) is 0 Å². The van der Waals surface area contributed by atoms with E-state index in [9.17, 15) is 17.6 Å². The van der Waals surface area contributed by atoms with Crippen LogP contribution in [0.25, 0.3) is 0 Å². The molecule has 0 aliphatic rings. The van der Waals surface area contributed by atoms with E-state index in [-0.39, 0.29) is 5.15 Å². The summed E-state index contributed by atoms with van der Waals surface area (Å²) in [5.74, 6) is 0. The van der Waals surface area contributed by atoms with Crippen LogP contribution < -0.4 is 0 Å². The van der Waals surface area contributed by atoms with Crippen LogP contribution in [0.1, 0.15) is 11.9 Å². The third kappa shape index (κ3) is 2.55. The van der Waals surface area contributed by atoms with Crippen molar-refractivity contribution < 1.29 is 17.6 Å². The van der Waals surface area contributed by atoms with Crippen molar-refractivity contribution >= 4 is 11.6 Å². The minimum absolute atomic E-state index is 0.163. The van der Waals surface area contributed by atoms with Crippen molar-refractivity contribution in [1.82, 2.24) is 4.98 Å². The number of hydrogen-bond acceptors (Lipinski definition) is 1. The summed E-state index contributed by atoms with van der Waals surface area (Å²) in [6, 6.07) is 3.42. The summed E-state index contributed by atoms with van der Waals surface area (Å²) >= 11 is 5.29. The number of halogens is 5. The van der Waals surface area contributed by atoms with E-state index in [1.54, 1.807) is 0 Å². The molecule has 1 unspecified atom stereocenters. The molecule has 1 aromatic heterocycles. The molecule has 1 atom stereocenters. The average Bonchev–Trinajstić information content (AvgIpc) is 2.01. The highest BCUT2D eigenvalue weighted by Gasteiger charge is 2.42. The van der Waals surface area contributed by atoms with Gasteiger partial charge in [-0.15, -0.1) is 0 Å². The van der Waals surface area contributed by atoms with Gasteiger partial charge in [-0.3, -0.25) is 0 Å². The molecule has 1 nitrogen and oxygen atoms in total. The normalized spacial score (nSPS) is 14.2. The molecule has 0 aromatic carbocycles. The Morgan fingerprint density at radius 2 is 1.92 bits per heavy atom. The van der Waals surface area contributed by atoms with Crippen LogP contribution in [0.4, 0.5) is 17.6 Å². The zero-order valence-corrected chi connectivity index (χ0v) is 6.90. The van der Waals surface area contributed by atoms with E-state index >= 15 is 0 Å². The second kappa shape index (κ2) is 3.49. The highest BCUT2D eigenvalue weighted by atomic mass is 35.5. The van der Waals surface area contributed by atoms with Crippen molar-refractivity contribution in [3.63, 3.8) is 0 Å². The third-order valence-electron chi connectivity index (χ3n) is 1.28. The maximum absolute atomic E-state index is 12.6. The Hall–Kier alpha value is -0.840. The number of alkyl halides is 4. The van der Waals surface area contributed by atoms with E-state index in [4.69, 9.17) is 11.6 Å². The Morgan fingerprint density at radius 1 is 1.31 bits per heavy atom. The molecule has 13 heavy (non-hydrogen) atoms. The van der Waals surface area contributed by atoms with Gasteiger partial charge in [0.2, 0.25) is 6.17 Å². The highest BCUT2D eigenvalue weighted by Crippen LogP contribution is 2.34. The van der Waals surface area contributed by atoms with Gasteiger partial charge in [0.05, 0.1) is 5.69 Å². The maximum Gasteiger partial charge on any atom is 0.425 e. The monoisotopic (exact) mass is 213 g/mol. The van der Waals surface area contributed by atoms with Crippen molar-refractivity contribution in [3.05, 3.63) is 29.0 Å². The van der Waals surface area contributed by atoms with Crippen LogP contribution in [0.15, 0.2) is 18.2 Å². The van der Waals surface area contributed by atoms with E-state index in [0.717, 1.165) is 6.07 Å². The largest absolute Gasteiger partial charge is 0.425 e. The summed E-state index contributed by atoms with van der Waals surface area (Å²) in [6.07, 6.45) is -8.01. The molecular formula is C7H4ClF4N. The van der Waals surface area contributed by atoms with Crippen molar-refractivity contribution in [2.45, 2.75) is 12.3 Å². The first-order valence-electron chi connectivity index (χ1n) is 3.24. The SMILES string of the molecule is FC(c1cccc(Cl)n1)C(F)(F)F. The molecule has 0 spiro atoms.